The van der Waals surface area contributed by atoms with Gasteiger partial charge in [-0.1, -0.05) is 109 Å². The number of rotatable bonds is 3. The van der Waals surface area contributed by atoms with E-state index in [4.69, 9.17) is 4.99 Å². The van der Waals surface area contributed by atoms with Crippen LogP contribution in [0, 0.1) is 6.92 Å². The van der Waals surface area contributed by atoms with Crippen LogP contribution in [0.3, 0.4) is 0 Å². The number of nitrogens with zero attached hydrogens (tertiary/aromatic N) is 2. The lowest BCUT2D eigenvalue weighted by Crippen LogP contribution is -2.26. The van der Waals surface area contributed by atoms with Crippen molar-refractivity contribution in [3.8, 4) is 0 Å². The molecular formula is C29H24N2. The van der Waals surface area contributed by atoms with Gasteiger partial charge in [-0.25, -0.2) is 4.99 Å². The molecule has 0 aromatic heterocycles. The summed E-state index contributed by atoms with van der Waals surface area (Å²) in [7, 11) is 2.12. The van der Waals surface area contributed by atoms with Gasteiger partial charge in [0.15, 0.2) is 0 Å². The number of hydrogen-bond donors (Lipinski definition) is 0. The second-order valence-electron chi connectivity index (χ2n) is 7.83. The number of aryl methyl sites for hydroxylation is 1. The largest absolute Gasteiger partial charge is 0.328 e. The van der Waals surface area contributed by atoms with Crippen molar-refractivity contribution in [3.63, 3.8) is 0 Å². The van der Waals surface area contributed by atoms with Crippen LogP contribution in [-0.2, 0) is 0 Å². The van der Waals surface area contributed by atoms with Gasteiger partial charge in [0.25, 0.3) is 0 Å². The van der Waals surface area contributed by atoms with Gasteiger partial charge in [-0.2, -0.15) is 0 Å². The molecule has 0 bridgehead atoms. The van der Waals surface area contributed by atoms with Crippen molar-refractivity contribution >= 4 is 22.8 Å². The molecule has 0 aliphatic carbocycles. The van der Waals surface area contributed by atoms with E-state index in [0.29, 0.717) is 0 Å². The van der Waals surface area contributed by atoms with Crippen LogP contribution < -0.4 is 0 Å². The standard InChI is InChI=1S/C29H24N2/c1-21-17-19-24(20-18-21)29-30-26-16-10-9-15-25(26)27(22-11-5-3-6-12-22)28(31(29)2)23-13-7-4-8-14-23/h3-20H,1-2H3. The van der Waals surface area contributed by atoms with Crippen molar-refractivity contribution < 1.29 is 0 Å². The molecule has 0 saturated heterocycles. The first kappa shape index (κ1) is 19.1. The lowest BCUT2D eigenvalue weighted by molar-refractivity contribution is 0.722. The highest BCUT2D eigenvalue weighted by Crippen LogP contribution is 2.41. The van der Waals surface area contributed by atoms with Gasteiger partial charge in [0, 0.05) is 23.7 Å². The van der Waals surface area contributed by atoms with E-state index in [2.05, 4.69) is 128 Å². The Morgan fingerprint density at radius 3 is 1.84 bits per heavy atom. The summed E-state index contributed by atoms with van der Waals surface area (Å²) in [5.74, 6) is 0.942. The van der Waals surface area contributed by atoms with Crippen molar-refractivity contribution in [3.05, 3.63) is 137 Å². The lowest BCUT2D eigenvalue weighted by Gasteiger charge is -2.26. The first-order valence-electron chi connectivity index (χ1n) is 10.6. The van der Waals surface area contributed by atoms with Gasteiger partial charge in [0.2, 0.25) is 0 Å². The molecule has 0 radical (unpaired) electrons. The quantitative estimate of drug-likeness (QED) is 0.364. The number of para-hydroxylation sites is 1. The van der Waals surface area contributed by atoms with E-state index in [0.717, 1.165) is 28.3 Å². The average molecular weight is 401 g/mol. The van der Waals surface area contributed by atoms with Crippen molar-refractivity contribution in [2.45, 2.75) is 6.92 Å². The van der Waals surface area contributed by atoms with Crippen molar-refractivity contribution in [1.82, 2.24) is 4.90 Å². The van der Waals surface area contributed by atoms with Gasteiger partial charge in [-0.15, -0.1) is 0 Å². The zero-order chi connectivity index (χ0) is 21.2. The maximum Gasteiger partial charge on any atom is 0.140 e. The zero-order valence-electron chi connectivity index (χ0n) is 17.8. The molecule has 5 rings (SSSR count). The number of fused-ring (bicyclic) bond motifs is 1. The van der Waals surface area contributed by atoms with E-state index in [9.17, 15) is 0 Å². The fourth-order valence-electron chi connectivity index (χ4n) is 4.16. The summed E-state index contributed by atoms with van der Waals surface area (Å²) in [5, 5.41) is 0. The average Bonchev–Trinajstić information content (AvgIpc) is 2.95. The topological polar surface area (TPSA) is 15.6 Å². The Labute approximate surface area is 183 Å². The first-order valence-corrected chi connectivity index (χ1v) is 10.6. The highest BCUT2D eigenvalue weighted by molar-refractivity contribution is 6.13. The highest BCUT2D eigenvalue weighted by atomic mass is 15.2. The molecule has 4 aromatic carbocycles. The van der Waals surface area contributed by atoms with E-state index < -0.39 is 0 Å². The Morgan fingerprint density at radius 2 is 1.16 bits per heavy atom. The molecule has 31 heavy (non-hydrogen) atoms. The van der Waals surface area contributed by atoms with Crippen LogP contribution in [0.15, 0.2) is 114 Å². The number of hydrogen-bond acceptors (Lipinski definition) is 2. The van der Waals surface area contributed by atoms with Crippen LogP contribution in [0.2, 0.25) is 0 Å². The molecule has 0 atom stereocenters. The molecule has 4 aromatic rings. The Balaban J connectivity index is 1.86. The number of aliphatic imine (C=N–C) groups is 1. The van der Waals surface area contributed by atoms with Crippen molar-refractivity contribution in [2.24, 2.45) is 4.99 Å². The summed E-state index contributed by atoms with van der Waals surface area (Å²) in [4.78, 5) is 7.41. The zero-order valence-corrected chi connectivity index (χ0v) is 17.8. The third kappa shape index (κ3) is 3.57. The molecule has 150 valence electrons. The summed E-state index contributed by atoms with van der Waals surface area (Å²) in [5.41, 5.74) is 9.15. The smallest absolute Gasteiger partial charge is 0.140 e. The minimum atomic E-state index is 0.942. The molecule has 1 aliphatic rings. The third-order valence-electron chi connectivity index (χ3n) is 5.71. The first-order chi connectivity index (χ1) is 15.2. The fourth-order valence-corrected chi connectivity index (χ4v) is 4.16. The molecule has 2 heteroatoms. The van der Waals surface area contributed by atoms with Crippen molar-refractivity contribution in [2.75, 3.05) is 7.05 Å². The SMILES string of the molecule is Cc1ccc(C2=Nc3ccccc3C(c3ccccc3)=C(c3ccccc3)N2C)cc1. The van der Waals surface area contributed by atoms with Gasteiger partial charge < -0.3 is 4.90 Å². The highest BCUT2D eigenvalue weighted by Gasteiger charge is 2.26. The minimum Gasteiger partial charge on any atom is -0.328 e. The van der Waals surface area contributed by atoms with Crippen molar-refractivity contribution in [1.29, 1.82) is 0 Å². The second kappa shape index (κ2) is 8.08. The monoisotopic (exact) mass is 400 g/mol. The molecular weight excluding hydrogens is 376 g/mol. The summed E-state index contributed by atoms with van der Waals surface area (Å²) in [6.45, 7) is 2.11. The maximum absolute atomic E-state index is 5.17. The van der Waals surface area contributed by atoms with E-state index in [1.165, 1.54) is 22.3 Å². The molecule has 0 spiro atoms. The summed E-state index contributed by atoms with van der Waals surface area (Å²) >= 11 is 0. The predicted molar refractivity (Wildman–Crippen MR) is 130 cm³/mol. The Bertz CT molecular complexity index is 1270. The van der Waals surface area contributed by atoms with E-state index in [1.54, 1.807) is 0 Å². The summed E-state index contributed by atoms with van der Waals surface area (Å²) < 4.78 is 0. The molecule has 0 N–H and O–H groups in total. The molecule has 0 unspecified atom stereocenters. The second-order valence-corrected chi connectivity index (χ2v) is 7.83. The molecule has 1 heterocycles. The Hall–Kier alpha value is -3.91. The van der Waals surface area contributed by atoms with Gasteiger partial charge in [-0.3, -0.25) is 0 Å². The molecule has 2 nitrogen and oxygen atoms in total. The molecule has 0 fully saturated rings. The van der Waals surface area contributed by atoms with Crippen LogP contribution in [0.5, 0.6) is 0 Å². The maximum atomic E-state index is 5.17. The Morgan fingerprint density at radius 1 is 0.581 bits per heavy atom. The van der Waals surface area contributed by atoms with Crippen LogP contribution >= 0.6 is 0 Å². The Kier molecular flexibility index (Phi) is 4.97. The van der Waals surface area contributed by atoms with Crippen LogP contribution in [0.1, 0.15) is 27.8 Å². The molecule has 1 aliphatic heterocycles. The number of benzene rings is 4. The fraction of sp³-hybridized carbons (Fsp3) is 0.0690. The van der Waals surface area contributed by atoms with Gasteiger partial charge in [0.1, 0.15) is 5.84 Å². The van der Waals surface area contributed by atoms with E-state index in [1.807, 2.05) is 0 Å². The van der Waals surface area contributed by atoms with Crippen LogP contribution in [0.4, 0.5) is 5.69 Å². The van der Waals surface area contributed by atoms with Gasteiger partial charge in [-0.05, 0) is 24.1 Å². The third-order valence-corrected chi connectivity index (χ3v) is 5.71. The van der Waals surface area contributed by atoms with Crippen LogP contribution in [0.25, 0.3) is 11.3 Å². The summed E-state index contributed by atoms with van der Waals surface area (Å²) in [6.07, 6.45) is 0. The number of amidine groups is 1. The van der Waals surface area contributed by atoms with E-state index >= 15 is 0 Å². The normalized spacial score (nSPS) is 13.5. The van der Waals surface area contributed by atoms with Gasteiger partial charge >= 0.3 is 0 Å². The van der Waals surface area contributed by atoms with Gasteiger partial charge in [0.05, 0.1) is 11.4 Å². The van der Waals surface area contributed by atoms with Crippen LogP contribution in [-0.4, -0.2) is 17.8 Å². The molecule has 0 amide bonds. The lowest BCUT2D eigenvalue weighted by atomic mass is 9.92. The predicted octanol–water partition coefficient (Wildman–Crippen LogP) is 6.94. The minimum absolute atomic E-state index is 0.942. The van der Waals surface area contributed by atoms with E-state index in [-0.39, 0.29) is 0 Å². The summed E-state index contributed by atoms with van der Waals surface area (Å²) in [6, 6.07) is 38.3. The molecule has 0 saturated carbocycles.